The van der Waals surface area contributed by atoms with Crippen LogP contribution in [0.15, 0.2) is 11.6 Å². The molecule has 0 aromatic carbocycles. The second kappa shape index (κ2) is 7.12. The van der Waals surface area contributed by atoms with E-state index in [2.05, 4.69) is 16.4 Å². The third kappa shape index (κ3) is 3.54. The molecule has 1 N–H and O–H groups in total. The minimum Gasteiger partial charge on any atom is -0.348 e. The molecule has 1 aromatic rings. The molecule has 0 atom stereocenters. The standard InChI is InChI=1S/C13H19N3OS/c1-3-5-13(10-14,6-4-2)12(17)16-9-11-15-7-8-18-11/h7-8H,3-6,9H2,1-2H3,(H,16,17). The predicted molar refractivity (Wildman–Crippen MR) is 71.8 cm³/mol. The average Bonchev–Trinajstić information content (AvgIpc) is 2.88. The van der Waals surface area contributed by atoms with E-state index in [1.54, 1.807) is 6.20 Å². The second-order valence-corrected chi connectivity index (χ2v) is 5.28. The first-order chi connectivity index (χ1) is 8.68. The SMILES string of the molecule is CCCC(C#N)(CCC)C(=O)NCc1nccs1. The van der Waals surface area contributed by atoms with Crippen LogP contribution in [0, 0.1) is 16.7 Å². The van der Waals surface area contributed by atoms with Crippen molar-refractivity contribution >= 4 is 17.2 Å². The molecule has 1 rings (SSSR count). The van der Waals surface area contributed by atoms with Crippen molar-refractivity contribution in [3.63, 3.8) is 0 Å². The molecule has 0 bridgehead atoms. The Morgan fingerprint density at radius 1 is 1.50 bits per heavy atom. The Labute approximate surface area is 112 Å². The lowest BCUT2D eigenvalue weighted by molar-refractivity contribution is -0.129. The van der Waals surface area contributed by atoms with Crippen LogP contribution >= 0.6 is 11.3 Å². The fourth-order valence-corrected chi connectivity index (χ4v) is 2.59. The van der Waals surface area contributed by atoms with Gasteiger partial charge in [0.25, 0.3) is 0 Å². The lowest BCUT2D eigenvalue weighted by Crippen LogP contribution is -2.39. The first kappa shape index (κ1) is 14.7. The molecule has 18 heavy (non-hydrogen) atoms. The molecule has 1 amide bonds. The van der Waals surface area contributed by atoms with Gasteiger partial charge in [-0.05, 0) is 12.8 Å². The highest BCUT2D eigenvalue weighted by atomic mass is 32.1. The minimum absolute atomic E-state index is 0.163. The van der Waals surface area contributed by atoms with Crippen LogP contribution in [-0.4, -0.2) is 10.9 Å². The second-order valence-electron chi connectivity index (χ2n) is 4.30. The molecule has 0 saturated heterocycles. The normalized spacial score (nSPS) is 10.9. The molecule has 98 valence electrons. The fourth-order valence-electron chi connectivity index (χ4n) is 2.03. The maximum atomic E-state index is 12.2. The number of aromatic nitrogens is 1. The zero-order valence-corrected chi connectivity index (χ0v) is 11.7. The molecule has 1 heterocycles. The Hall–Kier alpha value is -1.41. The molecule has 4 nitrogen and oxygen atoms in total. The van der Waals surface area contributed by atoms with E-state index >= 15 is 0 Å². The van der Waals surface area contributed by atoms with Crippen LogP contribution in [0.3, 0.4) is 0 Å². The van der Waals surface area contributed by atoms with Crippen molar-refractivity contribution in [3.05, 3.63) is 16.6 Å². The number of nitrogens with one attached hydrogen (secondary N) is 1. The number of hydrogen-bond acceptors (Lipinski definition) is 4. The van der Waals surface area contributed by atoms with Gasteiger partial charge in [-0.3, -0.25) is 4.79 Å². The largest absolute Gasteiger partial charge is 0.348 e. The van der Waals surface area contributed by atoms with Crippen molar-refractivity contribution in [2.45, 2.75) is 46.1 Å². The summed E-state index contributed by atoms with van der Waals surface area (Å²) in [7, 11) is 0. The summed E-state index contributed by atoms with van der Waals surface area (Å²) in [6.07, 6.45) is 4.60. The molecular formula is C13H19N3OS. The average molecular weight is 265 g/mol. The predicted octanol–water partition coefficient (Wildman–Crippen LogP) is 2.87. The molecule has 0 spiro atoms. The third-order valence-electron chi connectivity index (χ3n) is 2.89. The quantitative estimate of drug-likeness (QED) is 0.824. The number of carbonyl (C=O) groups excluding carboxylic acids is 1. The first-order valence-corrected chi connectivity index (χ1v) is 7.14. The number of amides is 1. The van der Waals surface area contributed by atoms with Crippen molar-refractivity contribution in [1.82, 2.24) is 10.3 Å². The third-order valence-corrected chi connectivity index (χ3v) is 3.67. The fraction of sp³-hybridized carbons (Fsp3) is 0.615. The summed E-state index contributed by atoms with van der Waals surface area (Å²) in [6.45, 7) is 4.40. The van der Waals surface area contributed by atoms with Gasteiger partial charge in [-0.1, -0.05) is 26.7 Å². The molecular weight excluding hydrogens is 246 g/mol. The van der Waals surface area contributed by atoms with Gasteiger partial charge in [0.1, 0.15) is 10.4 Å². The highest BCUT2D eigenvalue weighted by molar-refractivity contribution is 7.09. The van der Waals surface area contributed by atoms with Crippen LogP contribution in [0.4, 0.5) is 0 Å². The lowest BCUT2D eigenvalue weighted by atomic mass is 9.80. The van der Waals surface area contributed by atoms with E-state index in [9.17, 15) is 10.1 Å². The highest BCUT2D eigenvalue weighted by Gasteiger charge is 2.36. The van der Waals surface area contributed by atoms with Gasteiger partial charge in [0.15, 0.2) is 0 Å². The minimum atomic E-state index is -0.874. The lowest BCUT2D eigenvalue weighted by Gasteiger charge is -2.24. The van der Waals surface area contributed by atoms with Crippen molar-refractivity contribution in [2.75, 3.05) is 0 Å². The van der Waals surface area contributed by atoms with Gasteiger partial charge in [-0.25, -0.2) is 4.98 Å². The Kier molecular flexibility index (Phi) is 5.79. The van der Waals surface area contributed by atoms with Gasteiger partial charge in [0.2, 0.25) is 5.91 Å². The summed E-state index contributed by atoms with van der Waals surface area (Å²) in [5.41, 5.74) is -0.874. The molecule has 0 aliphatic heterocycles. The number of carbonyl (C=O) groups is 1. The summed E-state index contributed by atoms with van der Waals surface area (Å²) >= 11 is 1.50. The number of hydrogen-bond donors (Lipinski definition) is 1. The van der Waals surface area contributed by atoms with Crippen LogP contribution in [0.1, 0.15) is 44.5 Å². The summed E-state index contributed by atoms with van der Waals surface area (Å²) < 4.78 is 0. The molecule has 1 aromatic heterocycles. The van der Waals surface area contributed by atoms with Crippen LogP contribution in [0.5, 0.6) is 0 Å². The van der Waals surface area contributed by atoms with Crippen molar-refractivity contribution in [2.24, 2.45) is 5.41 Å². The van der Waals surface area contributed by atoms with Gasteiger partial charge >= 0.3 is 0 Å². The van der Waals surface area contributed by atoms with Gasteiger partial charge in [0.05, 0.1) is 12.6 Å². The zero-order valence-electron chi connectivity index (χ0n) is 10.9. The Morgan fingerprint density at radius 3 is 2.61 bits per heavy atom. The Bertz CT molecular complexity index is 402. The van der Waals surface area contributed by atoms with Crippen LogP contribution in [0.25, 0.3) is 0 Å². The van der Waals surface area contributed by atoms with E-state index in [-0.39, 0.29) is 5.91 Å². The number of rotatable bonds is 7. The van der Waals surface area contributed by atoms with E-state index in [0.717, 1.165) is 17.8 Å². The van der Waals surface area contributed by atoms with E-state index < -0.39 is 5.41 Å². The van der Waals surface area contributed by atoms with Crippen LogP contribution < -0.4 is 5.32 Å². The maximum Gasteiger partial charge on any atom is 0.240 e. The number of nitriles is 1. The summed E-state index contributed by atoms with van der Waals surface area (Å²) in [6, 6.07) is 2.22. The molecule has 5 heteroatoms. The summed E-state index contributed by atoms with van der Waals surface area (Å²) in [4.78, 5) is 16.3. The van der Waals surface area contributed by atoms with E-state index in [1.807, 2.05) is 19.2 Å². The molecule has 0 radical (unpaired) electrons. The molecule has 0 fully saturated rings. The van der Waals surface area contributed by atoms with Gasteiger partial charge in [-0.15, -0.1) is 11.3 Å². The Morgan fingerprint density at radius 2 is 2.17 bits per heavy atom. The van der Waals surface area contributed by atoms with E-state index in [0.29, 0.717) is 19.4 Å². The highest BCUT2D eigenvalue weighted by Crippen LogP contribution is 2.29. The summed E-state index contributed by atoms with van der Waals surface area (Å²) in [5.74, 6) is -0.163. The smallest absolute Gasteiger partial charge is 0.240 e. The molecule has 0 unspecified atom stereocenters. The van der Waals surface area contributed by atoms with Gasteiger partial charge < -0.3 is 5.32 Å². The maximum absolute atomic E-state index is 12.2. The first-order valence-electron chi connectivity index (χ1n) is 6.26. The van der Waals surface area contributed by atoms with Crippen molar-refractivity contribution in [3.8, 4) is 6.07 Å². The van der Waals surface area contributed by atoms with Crippen LogP contribution in [0.2, 0.25) is 0 Å². The van der Waals surface area contributed by atoms with E-state index in [4.69, 9.17) is 0 Å². The van der Waals surface area contributed by atoms with Gasteiger partial charge in [-0.2, -0.15) is 5.26 Å². The molecule has 0 aliphatic carbocycles. The van der Waals surface area contributed by atoms with Gasteiger partial charge in [0, 0.05) is 11.6 Å². The topological polar surface area (TPSA) is 65.8 Å². The van der Waals surface area contributed by atoms with E-state index in [1.165, 1.54) is 11.3 Å². The molecule has 0 aliphatic rings. The Balaban J connectivity index is 2.67. The molecule has 0 saturated carbocycles. The van der Waals surface area contributed by atoms with Crippen LogP contribution in [-0.2, 0) is 11.3 Å². The summed E-state index contributed by atoms with van der Waals surface area (Å²) in [5, 5.41) is 14.9. The van der Waals surface area contributed by atoms with Crippen molar-refractivity contribution in [1.29, 1.82) is 5.26 Å². The monoisotopic (exact) mass is 265 g/mol. The van der Waals surface area contributed by atoms with Crippen molar-refractivity contribution < 1.29 is 4.79 Å². The number of nitrogens with zero attached hydrogens (tertiary/aromatic N) is 2. The zero-order chi connectivity index (χ0) is 13.4. The number of thiazole rings is 1.